The van der Waals surface area contributed by atoms with E-state index in [1.54, 1.807) is 48.7 Å². The van der Waals surface area contributed by atoms with Crippen molar-refractivity contribution < 1.29 is 9.53 Å². The Bertz CT molecular complexity index is 1220. The number of carbonyl (C=O) groups excluding carboxylic acids is 1. The molecule has 140 valence electrons. The van der Waals surface area contributed by atoms with Gasteiger partial charge in [-0.2, -0.15) is 5.26 Å². The van der Waals surface area contributed by atoms with Gasteiger partial charge in [0.25, 0.3) is 5.91 Å². The Hall–Kier alpha value is -4.17. The van der Waals surface area contributed by atoms with E-state index in [1.165, 1.54) is 0 Å². The molecule has 4 rings (SSSR count). The molecule has 0 aliphatic heterocycles. The van der Waals surface area contributed by atoms with Gasteiger partial charge in [-0.05, 0) is 54.1 Å². The number of fused-ring (bicyclic) bond motifs is 1. The molecule has 1 N–H and O–H groups in total. The van der Waals surface area contributed by atoms with E-state index >= 15 is 0 Å². The summed E-state index contributed by atoms with van der Waals surface area (Å²) in [6, 6.07) is 25.8. The van der Waals surface area contributed by atoms with Crippen molar-refractivity contribution >= 4 is 16.8 Å². The van der Waals surface area contributed by atoms with Crippen molar-refractivity contribution in [3.8, 4) is 17.6 Å². The predicted octanol–water partition coefficient (Wildman–Crippen LogP) is 4.83. The van der Waals surface area contributed by atoms with E-state index in [0.29, 0.717) is 29.2 Å². The fourth-order valence-corrected chi connectivity index (χ4v) is 3.02. The van der Waals surface area contributed by atoms with Gasteiger partial charge in [0.2, 0.25) is 0 Å². The number of nitrogens with one attached hydrogen (secondary N) is 1. The van der Waals surface area contributed by atoms with Gasteiger partial charge in [0.05, 0.1) is 17.1 Å². The van der Waals surface area contributed by atoms with Crippen LogP contribution in [-0.4, -0.2) is 10.9 Å². The standard InChI is InChI=1S/C24H17N3O2/c25-15-17-5-3-6-18(13-17)16-27-24(28)19-7-4-8-20(14-19)29-23-11-12-26-22-10-2-1-9-21(22)23/h1-14H,16H2,(H,27,28). The van der Waals surface area contributed by atoms with Crippen LogP contribution in [0.5, 0.6) is 11.5 Å². The molecule has 1 heterocycles. The minimum atomic E-state index is -0.211. The maximum atomic E-state index is 12.5. The molecule has 0 spiro atoms. The first kappa shape index (κ1) is 18.2. The molecule has 4 aromatic rings. The lowest BCUT2D eigenvalue weighted by molar-refractivity contribution is 0.0950. The Morgan fingerprint density at radius 3 is 2.76 bits per heavy atom. The third kappa shape index (κ3) is 4.23. The van der Waals surface area contributed by atoms with E-state index in [1.807, 2.05) is 36.4 Å². The van der Waals surface area contributed by atoms with Gasteiger partial charge in [0.15, 0.2) is 0 Å². The van der Waals surface area contributed by atoms with Gasteiger partial charge < -0.3 is 10.1 Å². The normalized spacial score (nSPS) is 10.3. The molecule has 29 heavy (non-hydrogen) atoms. The fraction of sp³-hybridized carbons (Fsp3) is 0.0417. The Balaban J connectivity index is 1.49. The van der Waals surface area contributed by atoms with Crippen LogP contribution < -0.4 is 10.1 Å². The number of rotatable bonds is 5. The number of benzene rings is 3. The summed E-state index contributed by atoms with van der Waals surface area (Å²) in [6.07, 6.45) is 1.70. The molecule has 5 nitrogen and oxygen atoms in total. The second-order valence-electron chi connectivity index (χ2n) is 6.45. The average Bonchev–Trinajstić information content (AvgIpc) is 2.78. The number of carbonyl (C=O) groups is 1. The van der Waals surface area contributed by atoms with Gasteiger partial charge in [-0.3, -0.25) is 9.78 Å². The molecule has 0 atom stereocenters. The number of ether oxygens (including phenoxy) is 1. The maximum Gasteiger partial charge on any atom is 0.251 e. The molecule has 1 amide bonds. The van der Waals surface area contributed by atoms with E-state index in [0.717, 1.165) is 16.5 Å². The average molecular weight is 379 g/mol. The molecule has 0 saturated heterocycles. The monoisotopic (exact) mass is 379 g/mol. The lowest BCUT2D eigenvalue weighted by Crippen LogP contribution is -2.22. The molecular formula is C24H17N3O2. The van der Waals surface area contributed by atoms with Crippen LogP contribution in [0.15, 0.2) is 85.1 Å². The third-order valence-electron chi connectivity index (χ3n) is 4.44. The Labute approximate surface area is 168 Å². The second-order valence-corrected chi connectivity index (χ2v) is 6.45. The number of nitrogens with zero attached hydrogens (tertiary/aromatic N) is 2. The lowest BCUT2D eigenvalue weighted by atomic mass is 10.1. The van der Waals surface area contributed by atoms with Crippen molar-refractivity contribution in [3.63, 3.8) is 0 Å². The van der Waals surface area contributed by atoms with Crippen molar-refractivity contribution in [1.29, 1.82) is 5.26 Å². The van der Waals surface area contributed by atoms with Gasteiger partial charge in [-0.25, -0.2) is 0 Å². The summed E-state index contributed by atoms with van der Waals surface area (Å²) in [6.45, 7) is 0.342. The number of nitriles is 1. The molecule has 0 radical (unpaired) electrons. The van der Waals surface area contributed by atoms with Gasteiger partial charge in [-0.1, -0.05) is 30.3 Å². The van der Waals surface area contributed by atoms with Crippen LogP contribution in [0.25, 0.3) is 10.9 Å². The minimum absolute atomic E-state index is 0.211. The zero-order chi connectivity index (χ0) is 20.1. The van der Waals surface area contributed by atoms with Gasteiger partial charge in [0, 0.05) is 23.7 Å². The fourth-order valence-electron chi connectivity index (χ4n) is 3.02. The van der Waals surface area contributed by atoms with Gasteiger partial charge >= 0.3 is 0 Å². The van der Waals surface area contributed by atoms with Crippen molar-refractivity contribution in [1.82, 2.24) is 10.3 Å². The summed E-state index contributed by atoms with van der Waals surface area (Å²) >= 11 is 0. The van der Waals surface area contributed by atoms with E-state index < -0.39 is 0 Å². The van der Waals surface area contributed by atoms with Crippen LogP contribution in [0.1, 0.15) is 21.5 Å². The molecule has 0 fully saturated rings. The number of pyridine rings is 1. The summed E-state index contributed by atoms with van der Waals surface area (Å²) in [5, 5.41) is 12.8. The van der Waals surface area contributed by atoms with Crippen LogP contribution in [0.3, 0.4) is 0 Å². The first-order valence-electron chi connectivity index (χ1n) is 9.12. The van der Waals surface area contributed by atoms with Gasteiger partial charge in [-0.15, -0.1) is 0 Å². The molecular weight excluding hydrogens is 362 g/mol. The van der Waals surface area contributed by atoms with Crippen molar-refractivity contribution in [2.24, 2.45) is 0 Å². The number of hydrogen-bond acceptors (Lipinski definition) is 4. The molecule has 3 aromatic carbocycles. The summed E-state index contributed by atoms with van der Waals surface area (Å²) in [4.78, 5) is 16.9. The lowest BCUT2D eigenvalue weighted by Gasteiger charge is -2.10. The largest absolute Gasteiger partial charge is 0.457 e. The SMILES string of the molecule is N#Cc1cccc(CNC(=O)c2cccc(Oc3ccnc4ccccc34)c2)c1. The Morgan fingerprint density at radius 1 is 1.00 bits per heavy atom. The maximum absolute atomic E-state index is 12.5. The Morgan fingerprint density at radius 2 is 1.86 bits per heavy atom. The minimum Gasteiger partial charge on any atom is -0.457 e. The molecule has 5 heteroatoms. The number of para-hydroxylation sites is 1. The predicted molar refractivity (Wildman–Crippen MR) is 111 cm³/mol. The first-order valence-corrected chi connectivity index (χ1v) is 9.12. The molecule has 1 aromatic heterocycles. The zero-order valence-corrected chi connectivity index (χ0v) is 15.5. The van der Waals surface area contributed by atoms with E-state index in [-0.39, 0.29) is 5.91 Å². The highest BCUT2D eigenvalue weighted by atomic mass is 16.5. The quantitative estimate of drug-likeness (QED) is 0.539. The molecule has 0 aliphatic carbocycles. The van der Waals surface area contributed by atoms with Crippen molar-refractivity contribution in [2.75, 3.05) is 0 Å². The Kier molecular flexibility index (Phi) is 5.17. The number of aromatic nitrogens is 1. The summed E-state index contributed by atoms with van der Waals surface area (Å²) in [7, 11) is 0. The van der Waals surface area contributed by atoms with E-state index in [4.69, 9.17) is 10.00 Å². The summed E-state index contributed by atoms with van der Waals surface area (Å²) in [5.74, 6) is 1.04. The van der Waals surface area contributed by atoms with Crippen LogP contribution in [0, 0.1) is 11.3 Å². The smallest absolute Gasteiger partial charge is 0.251 e. The van der Waals surface area contributed by atoms with E-state index in [2.05, 4.69) is 16.4 Å². The summed E-state index contributed by atoms with van der Waals surface area (Å²) in [5.41, 5.74) is 2.78. The topological polar surface area (TPSA) is 75.0 Å². The molecule has 0 saturated carbocycles. The van der Waals surface area contributed by atoms with Crippen LogP contribution in [-0.2, 0) is 6.54 Å². The molecule has 0 unspecified atom stereocenters. The summed E-state index contributed by atoms with van der Waals surface area (Å²) < 4.78 is 6.02. The molecule has 0 bridgehead atoms. The van der Waals surface area contributed by atoms with E-state index in [9.17, 15) is 4.79 Å². The highest BCUT2D eigenvalue weighted by Gasteiger charge is 2.09. The van der Waals surface area contributed by atoms with Gasteiger partial charge in [0.1, 0.15) is 11.5 Å². The number of amides is 1. The van der Waals surface area contributed by atoms with Crippen molar-refractivity contribution in [3.05, 3.63) is 102 Å². The first-order chi connectivity index (χ1) is 14.2. The van der Waals surface area contributed by atoms with Crippen LogP contribution in [0.2, 0.25) is 0 Å². The number of hydrogen-bond donors (Lipinski definition) is 1. The van der Waals surface area contributed by atoms with Crippen molar-refractivity contribution in [2.45, 2.75) is 6.54 Å². The zero-order valence-electron chi connectivity index (χ0n) is 15.5. The molecule has 0 aliphatic rings. The third-order valence-corrected chi connectivity index (χ3v) is 4.44. The van der Waals surface area contributed by atoms with Crippen LogP contribution >= 0.6 is 0 Å². The second kappa shape index (κ2) is 8.24. The van der Waals surface area contributed by atoms with Crippen LogP contribution in [0.4, 0.5) is 0 Å². The highest BCUT2D eigenvalue weighted by Crippen LogP contribution is 2.28. The highest BCUT2D eigenvalue weighted by molar-refractivity contribution is 5.94.